The Morgan fingerprint density at radius 2 is 2.00 bits per heavy atom. The SMILES string of the molecule is CCCn1cc(Br)cc1C(=O)N(C)C1CCC(CC)CC1. The van der Waals surface area contributed by atoms with Crippen molar-refractivity contribution in [1.82, 2.24) is 9.47 Å². The minimum absolute atomic E-state index is 0.161. The highest BCUT2D eigenvalue weighted by Crippen LogP contribution is 2.30. The quantitative estimate of drug-likeness (QED) is 0.751. The molecule has 2 rings (SSSR count). The lowest BCUT2D eigenvalue weighted by atomic mass is 9.84. The molecule has 0 spiro atoms. The highest BCUT2D eigenvalue weighted by molar-refractivity contribution is 9.10. The normalized spacial score (nSPS) is 22.3. The zero-order chi connectivity index (χ0) is 15.4. The molecule has 0 unspecified atom stereocenters. The Morgan fingerprint density at radius 1 is 1.33 bits per heavy atom. The van der Waals surface area contributed by atoms with E-state index in [2.05, 4.69) is 34.3 Å². The van der Waals surface area contributed by atoms with Gasteiger partial charge in [0.05, 0.1) is 0 Å². The summed E-state index contributed by atoms with van der Waals surface area (Å²) in [6, 6.07) is 2.36. The van der Waals surface area contributed by atoms with Gasteiger partial charge in [-0.05, 0) is 60.0 Å². The molecular formula is C17H27BrN2O. The van der Waals surface area contributed by atoms with Crippen molar-refractivity contribution in [2.24, 2.45) is 5.92 Å². The highest BCUT2D eigenvalue weighted by Gasteiger charge is 2.27. The number of hydrogen-bond donors (Lipinski definition) is 0. The maximum atomic E-state index is 12.8. The van der Waals surface area contributed by atoms with Crippen LogP contribution in [0.1, 0.15) is 62.9 Å². The van der Waals surface area contributed by atoms with Crippen molar-refractivity contribution in [1.29, 1.82) is 0 Å². The largest absolute Gasteiger partial charge is 0.342 e. The predicted octanol–water partition coefficient (Wildman–Crippen LogP) is 4.70. The summed E-state index contributed by atoms with van der Waals surface area (Å²) in [6.07, 6.45) is 9.14. The molecule has 1 amide bonds. The fraction of sp³-hybridized carbons (Fsp3) is 0.706. The third-order valence-corrected chi connectivity index (χ3v) is 5.24. The van der Waals surface area contributed by atoms with Crippen LogP contribution in [0.3, 0.4) is 0 Å². The number of carbonyl (C=O) groups is 1. The van der Waals surface area contributed by atoms with E-state index in [4.69, 9.17) is 0 Å². The van der Waals surface area contributed by atoms with Crippen LogP contribution in [-0.2, 0) is 6.54 Å². The smallest absolute Gasteiger partial charge is 0.270 e. The molecule has 0 N–H and O–H groups in total. The van der Waals surface area contributed by atoms with E-state index in [1.54, 1.807) is 0 Å². The van der Waals surface area contributed by atoms with E-state index >= 15 is 0 Å². The van der Waals surface area contributed by atoms with E-state index < -0.39 is 0 Å². The molecule has 1 aliphatic rings. The monoisotopic (exact) mass is 354 g/mol. The second kappa shape index (κ2) is 7.48. The first-order valence-electron chi connectivity index (χ1n) is 8.19. The van der Waals surface area contributed by atoms with Crippen molar-refractivity contribution in [3.63, 3.8) is 0 Å². The van der Waals surface area contributed by atoms with Gasteiger partial charge in [-0.2, -0.15) is 0 Å². The zero-order valence-electron chi connectivity index (χ0n) is 13.4. The summed E-state index contributed by atoms with van der Waals surface area (Å²) in [7, 11) is 1.97. The second-order valence-electron chi connectivity index (χ2n) is 6.24. The van der Waals surface area contributed by atoms with Crippen LogP contribution in [0.25, 0.3) is 0 Å². The van der Waals surface area contributed by atoms with Gasteiger partial charge in [-0.1, -0.05) is 20.3 Å². The molecule has 1 saturated carbocycles. The first-order valence-corrected chi connectivity index (χ1v) is 8.98. The Balaban J connectivity index is 2.05. The van der Waals surface area contributed by atoms with Gasteiger partial charge in [-0.25, -0.2) is 0 Å². The zero-order valence-corrected chi connectivity index (χ0v) is 15.0. The number of aryl methyl sites for hydroxylation is 1. The molecule has 0 radical (unpaired) electrons. The molecular weight excluding hydrogens is 328 g/mol. The number of amides is 1. The molecule has 1 fully saturated rings. The molecule has 0 aromatic carbocycles. The average Bonchev–Trinajstić information content (AvgIpc) is 2.87. The molecule has 21 heavy (non-hydrogen) atoms. The van der Waals surface area contributed by atoms with Crippen molar-refractivity contribution in [3.05, 3.63) is 22.4 Å². The van der Waals surface area contributed by atoms with Crippen molar-refractivity contribution in [2.45, 2.75) is 65.0 Å². The van der Waals surface area contributed by atoms with Crippen LogP contribution in [0.2, 0.25) is 0 Å². The topological polar surface area (TPSA) is 25.2 Å². The van der Waals surface area contributed by atoms with Crippen LogP contribution < -0.4 is 0 Å². The highest BCUT2D eigenvalue weighted by atomic mass is 79.9. The molecule has 4 heteroatoms. The first-order chi connectivity index (χ1) is 10.1. The Hall–Kier alpha value is -0.770. The van der Waals surface area contributed by atoms with Crippen molar-refractivity contribution in [3.8, 4) is 0 Å². The van der Waals surface area contributed by atoms with Gasteiger partial charge in [0.15, 0.2) is 0 Å². The molecule has 1 aromatic heterocycles. The van der Waals surface area contributed by atoms with Crippen LogP contribution in [0.15, 0.2) is 16.7 Å². The van der Waals surface area contributed by atoms with Gasteiger partial charge in [0, 0.05) is 30.3 Å². The maximum Gasteiger partial charge on any atom is 0.270 e. The Kier molecular flexibility index (Phi) is 5.91. The molecule has 0 aliphatic heterocycles. The standard InChI is InChI=1S/C17H27BrN2O/c1-4-10-20-12-14(18)11-16(20)17(21)19(3)15-8-6-13(5-2)7-9-15/h11-13,15H,4-10H2,1-3H3. The average molecular weight is 355 g/mol. The molecule has 3 nitrogen and oxygen atoms in total. The summed E-state index contributed by atoms with van der Waals surface area (Å²) < 4.78 is 3.06. The molecule has 118 valence electrons. The summed E-state index contributed by atoms with van der Waals surface area (Å²) >= 11 is 3.49. The number of rotatable bonds is 5. The maximum absolute atomic E-state index is 12.8. The third-order valence-electron chi connectivity index (χ3n) is 4.81. The summed E-state index contributed by atoms with van der Waals surface area (Å²) in [5.41, 5.74) is 0.809. The van der Waals surface area contributed by atoms with Gasteiger partial charge in [0.2, 0.25) is 0 Å². The van der Waals surface area contributed by atoms with E-state index in [1.165, 1.54) is 19.3 Å². The van der Waals surface area contributed by atoms with Gasteiger partial charge in [0.1, 0.15) is 5.69 Å². The fourth-order valence-corrected chi connectivity index (χ4v) is 3.83. The van der Waals surface area contributed by atoms with E-state index in [0.29, 0.717) is 6.04 Å². The third kappa shape index (κ3) is 3.91. The second-order valence-corrected chi connectivity index (χ2v) is 7.15. The molecule has 1 aliphatic carbocycles. The van der Waals surface area contributed by atoms with E-state index in [0.717, 1.165) is 41.9 Å². The van der Waals surface area contributed by atoms with Gasteiger partial charge < -0.3 is 9.47 Å². The molecule has 1 heterocycles. The van der Waals surface area contributed by atoms with Crippen molar-refractivity contribution >= 4 is 21.8 Å². The van der Waals surface area contributed by atoms with Gasteiger partial charge in [-0.15, -0.1) is 0 Å². The fourth-order valence-electron chi connectivity index (χ4n) is 3.37. The van der Waals surface area contributed by atoms with Gasteiger partial charge in [-0.3, -0.25) is 4.79 Å². The lowest BCUT2D eigenvalue weighted by molar-refractivity contribution is 0.0663. The van der Waals surface area contributed by atoms with Crippen molar-refractivity contribution < 1.29 is 4.79 Å². The summed E-state index contributed by atoms with van der Waals surface area (Å²) in [5, 5.41) is 0. The van der Waals surface area contributed by atoms with Gasteiger partial charge in [0.25, 0.3) is 5.91 Å². The molecule has 0 atom stereocenters. The van der Waals surface area contributed by atoms with E-state index in [9.17, 15) is 4.79 Å². The number of halogens is 1. The predicted molar refractivity (Wildman–Crippen MR) is 90.6 cm³/mol. The minimum atomic E-state index is 0.161. The van der Waals surface area contributed by atoms with Crippen LogP contribution >= 0.6 is 15.9 Å². The molecule has 1 aromatic rings. The molecule has 0 bridgehead atoms. The van der Waals surface area contributed by atoms with Crippen LogP contribution in [0, 0.1) is 5.92 Å². The number of carbonyl (C=O) groups excluding carboxylic acids is 1. The van der Waals surface area contributed by atoms with Crippen LogP contribution in [0.4, 0.5) is 0 Å². The summed E-state index contributed by atoms with van der Waals surface area (Å²) in [4.78, 5) is 14.8. The van der Waals surface area contributed by atoms with Gasteiger partial charge >= 0.3 is 0 Å². The lowest BCUT2D eigenvalue weighted by Crippen LogP contribution is -2.40. The molecule has 0 saturated heterocycles. The number of aromatic nitrogens is 1. The Bertz CT molecular complexity index is 475. The Morgan fingerprint density at radius 3 is 2.57 bits per heavy atom. The first kappa shape index (κ1) is 16.6. The lowest BCUT2D eigenvalue weighted by Gasteiger charge is -2.34. The van der Waals surface area contributed by atoms with Crippen LogP contribution in [0.5, 0.6) is 0 Å². The number of hydrogen-bond acceptors (Lipinski definition) is 1. The van der Waals surface area contributed by atoms with Crippen LogP contribution in [-0.4, -0.2) is 28.5 Å². The minimum Gasteiger partial charge on any atom is -0.342 e. The Labute approximate surface area is 136 Å². The van der Waals surface area contributed by atoms with E-state index in [-0.39, 0.29) is 5.91 Å². The summed E-state index contributed by atoms with van der Waals surface area (Å²) in [6.45, 7) is 5.30. The van der Waals surface area contributed by atoms with Crippen molar-refractivity contribution in [2.75, 3.05) is 7.05 Å². The number of nitrogens with zero attached hydrogens (tertiary/aromatic N) is 2. The van der Waals surface area contributed by atoms with E-state index in [1.807, 2.05) is 24.2 Å². The summed E-state index contributed by atoms with van der Waals surface area (Å²) in [5.74, 6) is 1.02.